The smallest absolute Gasteiger partial charge is 0.340 e. The quantitative estimate of drug-likeness (QED) is 0.861. The monoisotopic (exact) mass is 317 g/mol. The molecule has 2 rings (SSSR count). The summed E-state index contributed by atoms with van der Waals surface area (Å²) in [5, 5.41) is 2.62. The number of methoxy groups -OCH3 is 2. The minimum absolute atomic E-state index is 0.127. The molecular formula is C17H16FNO4. The number of hydrogen-bond donors (Lipinski definition) is 1. The van der Waals surface area contributed by atoms with Gasteiger partial charge in [-0.3, -0.25) is 4.79 Å². The Labute approximate surface area is 133 Å². The van der Waals surface area contributed by atoms with Gasteiger partial charge >= 0.3 is 5.97 Å². The largest absolute Gasteiger partial charge is 0.497 e. The Bertz CT molecular complexity index is 730. The molecule has 120 valence electrons. The van der Waals surface area contributed by atoms with Crippen LogP contribution >= 0.6 is 0 Å². The van der Waals surface area contributed by atoms with Crippen LogP contribution in [0.2, 0.25) is 0 Å². The fourth-order valence-corrected chi connectivity index (χ4v) is 2.04. The van der Waals surface area contributed by atoms with Crippen LogP contribution in [0.15, 0.2) is 42.5 Å². The van der Waals surface area contributed by atoms with E-state index in [2.05, 4.69) is 10.1 Å². The molecule has 2 aromatic carbocycles. The van der Waals surface area contributed by atoms with E-state index in [1.165, 1.54) is 12.1 Å². The molecule has 5 nitrogen and oxygen atoms in total. The van der Waals surface area contributed by atoms with E-state index in [1.54, 1.807) is 31.4 Å². The Morgan fingerprint density at radius 1 is 1.13 bits per heavy atom. The lowest BCUT2D eigenvalue weighted by atomic mass is 10.1. The number of rotatable bonds is 5. The molecule has 0 fully saturated rings. The zero-order valence-corrected chi connectivity index (χ0v) is 12.8. The molecule has 0 saturated heterocycles. The molecule has 23 heavy (non-hydrogen) atoms. The van der Waals surface area contributed by atoms with E-state index in [9.17, 15) is 14.0 Å². The van der Waals surface area contributed by atoms with Crippen LogP contribution in [0.4, 0.5) is 10.1 Å². The van der Waals surface area contributed by atoms with Crippen molar-refractivity contribution in [2.45, 2.75) is 6.42 Å². The maximum absolute atomic E-state index is 13.5. The van der Waals surface area contributed by atoms with Gasteiger partial charge in [-0.25, -0.2) is 9.18 Å². The van der Waals surface area contributed by atoms with E-state index in [4.69, 9.17) is 4.74 Å². The molecule has 0 atom stereocenters. The number of nitrogens with one attached hydrogen (secondary N) is 1. The molecule has 0 saturated carbocycles. The van der Waals surface area contributed by atoms with Gasteiger partial charge in [0.25, 0.3) is 0 Å². The maximum atomic E-state index is 13.5. The number of benzene rings is 2. The molecule has 0 aliphatic carbocycles. The first-order valence-electron chi connectivity index (χ1n) is 6.84. The average Bonchev–Trinajstić information content (AvgIpc) is 2.56. The van der Waals surface area contributed by atoms with Gasteiger partial charge in [0.1, 0.15) is 11.6 Å². The van der Waals surface area contributed by atoms with Gasteiger partial charge in [0.2, 0.25) is 5.91 Å². The van der Waals surface area contributed by atoms with Crippen molar-refractivity contribution < 1.29 is 23.5 Å². The molecule has 0 aliphatic heterocycles. The Balaban J connectivity index is 2.09. The lowest BCUT2D eigenvalue weighted by molar-refractivity contribution is -0.115. The topological polar surface area (TPSA) is 64.6 Å². The summed E-state index contributed by atoms with van der Waals surface area (Å²) < 4.78 is 23.1. The SMILES string of the molecule is COC(=O)c1cc(NC(=O)Cc2cccc(OC)c2)ccc1F. The van der Waals surface area contributed by atoms with E-state index in [0.29, 0.717) is 11.4 Å². The number of halogens is 1. The zero-order chi connectivity index (χ0) is 16.8. The van der Waals surface area contributed by atoms with E-state index >= 15 is 0 Å². The summed E-state index contributed by atoms with van der Waals surface area (Å²) in [4.78, 5) is 23.5. The maximum Gasteiger partial charge on any atom is 0.340 e. The van der Waals surface area contributed by atoms with Crippen molar-refractivity contribution >= 4 is 17.6 Å². The molecule has 1 amide bonds. The van der Waals surface area contributed by atoms with Gasteiger partial charge in [-0.15, -0.1) is 0 Å². The summed E-state index contributed by atoms with van der Waals surface area (Å²) in [5.41, 5.74) is 0.864. The third kappa shape index (κ3) is 4.29. The van der Waals surface area contributed by atoms with Crippen molar-refractivity contribution in [3.63, 3.8) is 0 Å². The van der Waals surface area contributed by atoms with Gasteiger partial charge in [-0.2, -0.15) is 0 Å². The lowest BCUT2D eigenvalue weighted by Gasteiger charge is -2.08. The fraction of sp³-hybridized carbons (Fsp3) is 0.176. The highest BCUT2D eigenvalue weighted by Crippen LogP contribution is 2.17. The number of hydrogen-bond acceptors (Lipinski definition) is 4. The van der Waals surface area contributed by atoms with Crippen molar-refractivity contribution in [3.8, 4) is 5.75 Å². The third-order valence-corrected chi connectivity index (χ3v) is 3.15. The Hall–Kier alpha value is -2.89. The second-order valence-corrected chi connectivity index (χ2v) is 4.76. The normalized spacial score (nSPS) is 10.0. The number of amides is 1. The van der Waals surface area contributed by atoms with Crippen LogP contribution in [-0.4, -0.2) is 26.1 Å². The molecule has 0 bridgehead atoms. The van der Waals surface area contributed by atoms with Crippen LogP contribution in [0, 0.1) is 5.82 Å². The minimum atomic E-state index is -0.800. The van der Waals surface area contributed by atoms with Crippen molar-refractivity contribution in [1.82, 2.24) is 0 Å². The van der Waals surface area contributed by atoms with E-state index in [-0.39, 0.29) is 17.9 Å². The minimum Gasteiger partial charge on any atom is -0.497 e. The Morgan fingerprint density at radius 2 is 1.91 bits per heavy atom. The van der Waals surface area contributed by atoms with Gasteiger partial charge in [0, 0.05) is 5.69 Å². The molecule has 2 aromatic rings. The van der Waals surface area contributed by atoms with Gasteiger partial charge in [0.05, 0.1) is 26.2 Å². The highest BCUT2D eigenvalue weighted by atomic mass is 19.1. The third-order valence-electron chi connectivity index (χ3n) is 3.15. The van der Waals surface area contributed by atoms with Crippen molar-refractivity contribution in [2.75, 3.05) is 19.5 Å². The predicted molar refractivity (Wildman–Crippen MR) is 83.1 cm³/mol. The Kier molecular flexibility index (Phi) is 5.30. The summed E-state index contributed by atoms with van der Waals surface area (Å²) in [5.74, 6) is -1.14. The van der Waals surface area contributed by atoms with Crippen molar-refractivity contribution in [1.29, 1.82) is 0 Å². The first-order valence-corrected chi connectivity index (χ1v) is 6.84. The standard InChI is InChI=1S/C17H16FNO4/c1-22-13-5-3-4-11(8-13)9-16(20)19-12-6-7-15(18)14(10-12)17(21)23-2/h3-8,10H,9H2,1-2H3,(H,19,20). The van der Waals surface area contributed by atoms with Gasteiger partial charge in [0.15, 0.2) is 0 Å². The second-order valence-electron chi connectivity index (χ2n) is 4.76. The molecular weight excluding hydrogens is 301 g/mol. The number of esters is 1. The van der Waals surface area contributed by atoms with Crippen LogP contribution in [-0.2, 0) is 16.0 Å². The Morgan fingerprint density at radius 3 is 2.61 bits per heavy atom. The van der Waals surface area contributed by atoms with E-state index in [0.717, 1.165) is 18.7 Å². The van der Waals surface area contributed by atoms with Gasteiger partial charge in [-0.05, 0) is 35.9 Å². The molecule has 0 radical (unpaired) electrons. The molecule has 0 spiro atoms. The highest BCUT2D eigenvalue weighted by molar-refractivity contribution is 5.95. The van der Waals surface area contributed by atoms with Crippen molar-refractivity contribution in [3.05, 3.63) is 59.4 Å². The van der Waals surface area contributed by atoms with Gasteiger partial charge < -0.3 is 14.8 Å². The van der Waals surface area contributed by atoms with E-state index < -0.39 is 11.8 Å². The first-order chi connectivity index (χ1) is 11.0. The van der Waals surface area contributed by atoms with Crippen LogP contribution in [0.5, 0.6) is 5.75 Å². The van der Waals surface area contributed by atoms with Gasteiger partial charge in [-0.1, -0.05) is 12.1 Å². The molecule has 0 aliphatic rings. The number of carbonyl (C=O) groups is 2. The van der Waals surface area contributed by atoms with Crippen LogP contribution in [0.25, 0.3) is 0 Å². The molecule has 0 unspecified atom stereocenters. The van der Waals surface area contributed by atoms with Crippen LogP contribution in [0.3, 0.4) is 0 Å². The molecule has 0 heterocycles. The van der Waals surface area contributed by atoms with Crippen LogP contribution in [0.1, 0.15) is 15.9 Å². The van der Waals surface area contributed by atoms with Crippen molar-refractivity contribution in [2.24, 2.45) is 0 Å². The average molecular weight is 317 g/mol. The summed E-state index contributed by atoms with van der Waals surface area (Å²) >= 11 is 0. The van der Waals surface area contributed by atoms with E-state index in [1.807, 2.05) is 0 Å². The highest BCUT2D eigenvalue weighted by Gasteiger charge is 2.14. The summed E-state index contributed by atoms with van der Waals surface area (Å²) in [7, 11) is 2.71. The number of anilines is 1. The molecule has 1 N–H and O–H groups in total. The fourth-order valence-electron chi connectivity index (χ4n) is 2.04. The molecule has 6 heteroatoms. The number of ether oxygens (including phenoxy) is 2. The summed E-state index contributed by atoms with van der Waals surface area (Å²) in [6, 6.07) is 10.8. The second kappa shape index (κ2) is 7.40. The molecule has 0 aromatic heterocycles. The zero-order valence-electron chi connectivity index (χ0n) is 12.8. The summed E-state index contributed by atoms with van der Waals surface area (Å²) in [6.07, 6.45) is 0.127. The summed E-state index contributed by atoms with van der Waals surface area (Å²) in [6.45, 7) is 0. The van der Waals surface area contributed by atoms with Crippen LogP contribution < -0.4 is 10.1 Å². The lowest BCUT2D eigenvalue weighted by Crippen LogP contribution is -2.15. The number of carbonyl (C=O) groups excluding carboxylic acids is 2. The predicted octanol–water partition coefficient (Wildman–Crippen LogP) is 2.80. The first kappa shape index (κ1) is 16.5.